The Morgan fingerprint density at radius 2 is 2.16 bits per heavy atom. The number of anilines is 1. The zero-order valence-corrected chi connectivity index (χ0v) is 12.9. The largest absolute Gasteiger partial charge is 0.357 e. The molecule has 1 aliphatic rings. The van der Waals surface area contributed by atoms with E-state index in [0.717, 1.165) is 36.0 Å². The number of pyridine rings is 1. The molecule has 2 rings (SSSR count). The molecule has 0 saturated carbocycles. The lowest BCUT2D eigenvalue weighted by atomic mass is 9.85. The molecule has 3 nitrogen and oxygen atoms in total. The molecule has 2 heterocycles. The van der Waals surface area contributed by atoms with E-state index in [4.69, 9.17) is 11.6 Å². The van der Waals surface area contributed by atoms with E-state index in [2.05, 4.69) is 35.1 Å². The molecular weight excluding hydrogens is 258 g/mol. The van der Waals surface area contributed by atoms with Gasteiger partial charge in [-0.1, -0.05) is 25.4 Å². The lowest BCUT2D eigenvalue weighted by Gasteiger charge is -2.24. The lowest BCUT2D eigenvalue weighted by Crippen LogP contribution is -2.26. The van der Waals surface area contributed by atoms with Gasteiger partial charge in [-0.15, -0.1) is 0 Å². The van der Waals surface area contributed by atoms with E-state index < -0.39 is 0 Å². The summed E-state index contributed by atoms with van der Waals surface area (Å²) in [5.74, 6) is 1.06. The highest BCUT2D eigenvalue weighted by Gasteiger charge is 2.23. The van der Waals surface area contributed by atoms with E-state index in [1.807, 2.05) is 7.05 Å². The van der Waals surface area contributed by atoms with E-state index in [-0.39, 0.29) is 0 Å². The molecule has 0 bridgehead atoms. The minimum atomic E-state index is 0.453. The van der Waals surface area contributed by atoms with E-state index in [0.29, 0.717) is 5.41 Å². The fourth-order valence-electron chi connectivity index (χ4n) is 2.62. The summed E-state index contributed by atoms with van der Waals surface area (Å²) in [5.41, 5.74) is 1.58. The molecule has 1 aromatic heterocycles. The van der Waals surface area contributed by atoms with Gasteiger partial charge in [0.25, 0.3) is 0 Å². The molecule has 0 radical (unpaired) electrons. The molecule has 1 saturated heterocycles. The molecule has 0 amide bonds. The van der Waals surface area contributed by atoms with Gasteiger partial charge >= 0.3 is 0 Å². The molecule has 1 aliphatic heterocycles. The van der Waals surface area contributed by atoms with Gasteiger partial charge < -0.3 is 10.2 Å². The van der Waals surface area contributed by atoms with Crippen molar-refractivity contribution in [1.29, 1.82) is 0 Å². The number of hydrogen-bond donors (Lipinski definition) is 1. The molecule has 0 spiro atoms. The van der Waals surface area contributed by atoms with E-state index in [9.17, 15) is 0 Å². The quantitative estimate of drug-likeness (QED) is 0.919. The maximum absolute atomic E-state index is 6.17. The summed E-state index contributed by atoms with van der Waals surface area (Å²) in [6, 6.07) is 2.12. The molecule has 0 atom stereocenters. The van der Waals surface area contributed by atoms with Crippen LogP contribution in [-0.2, 0) is 6.54 Å². The van der Waals surface area contributed by atoms with Crippen molar-refractivity contribution >= 4 is 17.4 Å². The van der Waals surface area contributed by atoms with Crippen LogP contribution in [0.4, 0.5) is 5.82 Å². The van der Waals surface area contributed by atoms with E-state index in [1.54, 1.807) is 6.20 Å². The normalized spacial score (nSPS) is 19.3. The van der Waals surface area contributed by atoms with Crippen LogP contribution in [-0.4, -0.2) is 25.1 Å². The molecule has 19 heavy (non-hydrogen) atoms. The van der Waals surface area contributed by atoms with Crippen molar-refractivity contribution in [3.8, 4) is 0 Å². The second-order valence-electron chi connectivity index (χ2n) is 6.17. The highest BCUT2D eigenvalue weighted by molar-refractivity contribution is 6.31. The van der Waals surface area contributed by atoms with Crippen LogP contribution < -0.4 is 10.2 Å². The second kappa shape index (κ2) is 6.10. The van der Waals surface area contributed by atoms with Gasteiger partial charge in [0.15, 0.2) is 0 Å². The maximum Gasteiger partial charge on any atom is 0.128 e. The molecule has 1 fully saturated rings. The van der Waals surface area contributed by atoms with Crippen molar-refractivity contribution in [1.82, 2.24) is 10.3 Å². The van der Waals surface area contributed by atoms with Crippen LogP contribution >= 0.6 is 11.6 Å². The summed E-state index contributed by atoms with van der Waals surface area (Å²) in [5, 5.41) is 3.89. The number of nitrogens with zero attached hydrogens (tertiary/aromatic N) is 2. The fourth-order valence-corrected chi connectivity index (χ4v) is 2.79. The molecular formula is C15H24ClN3. The van der Waals surface area contributed by atoms with Gasteiger partial charge in [0.05, 0.1) is 5.02 Å². The first-order chi connectivity index (χ1) is 9.02. The summed E-state index contributed by atoms with van der Waals surface area (Å²) in [7, 11) is 1.94. The van der Waals surface area contributed by atoms with Crippen LogP contribution in [0.1, 0.15) is 38.7 Å². The third-order valence-electron chi connectivity index (χ3n) is 3.95. The number of aromatic nitrogens is 1. The summed E-state index contributed by atoms with van der Waals surface area (Å²) >= 11 is 6.17. The van der Waals surface area contributed by atoms with Crippen molar-refractivity contribution in [2.45, 2.75) is 39.7 Å². The van der Waals surface area contributed by atoms with Gasteiger partial charge in [-0.3, -0.25) is 0 Å². The first-order valence-corrected chi connectivity index (χ1v) is 7.44. The highest BCUT2D eigenvalue weighted by atomic mass is 35.5. The van der Waals surface area contributed by atoms with Crippen molar-refractivity contribution in [3.05, 3.63) is 22.8 Å². The number of rotatable bonds is 3. The van der Waals surface area contributed by atoms with Gasteiger partial charge in [0.1, 0.15) is 5.82 Å². The van der Waals surface area contributed by atoms with Crippen LogP contribution in [0.3, 0.4) is 0 Å². The fraction of sp³-hybridized carbons (Fsp3) is 0.667. The molecule has 0 unspecified atom stereocenters. The summed E-state index contributed by atoms with van der Waals surface area (Å²) in [4.78, 5) is 6.89. The van der Waals surface area contributed by atoms with Crippen LogP contribution in [0.15, 0.2) is 12.3 Å². The number of halogens is 1. The third kappa shape index (κ3) is 3.83. The van der Waals surface area contributed by atoms with Crippen molar-refractivity contribution in [3.63, 3.8) is 0 Å². The second-order valence-corrected chi connectivity index (χ2v) is 6.58. The van der Waals surface area contributed by atoms with Gasteiger partial charge in [0, 0.05) is 25.8 Å². The monoisotopic (exact) mass is 281 g/mol. The Kier molecular flexibility index (Phi) is 4.69. The van der Waals surface area contributed by atoms with Gasteiger partial charge in [0.2, 0.25) is 0 Å². The Balaban J connectivity index is 2.15. The smallest absolute Gasteiger partial charge is 0.128 e. The van der Waals surface area contributed by atoms with Gasteiger partial charge in [-0.2, -0.15) is 0 Å². The maximum atomic E-state index is 6.17. The minimum absolute atomic E-state index is 0.453. The Bertz CT molecular complexity index is 431. The Morgan fingerprint density at radius 1 is 1.37 bits per heavy atom. The van der Waals surface area contributed by atoms with Crippen molar-refractivity contribution < 1.29 is 0 Å². The van der Waals surface area contributed by atoms with E-state index in [1.165, 1.54) is 19.3 Å². The molecule has 0 aliphatic carbocycles. The zero-order valence-electron chi connectivity index (χ0n) is 12.2. The average Bonchev–Trinajstić information content (AvgIpc) is 2.53. The standard InChI is InChI=1S/C15H24ClN3/c1-15(2)5-4-7-19(8-6-15)14-9-12(10-17-3)13(16)11-18-14/h9,11,17H,4-8,10H2,1-3H3. The Labute approximate surface area is 121 Å². The predicted octanol–water partition coefficient (Wildman–Crippen LogP) is 3.47. The molecule has 0 aromatic carbocycles. The van der Waals surface area contributed by atoms with Crippen LogP contribution in [0.2, 0.25) is 5.02 Å². The SMILES string of the molecule is CNCc1cc(N2CCCC(C)(C)CC2)ncc1Cl. The summed E-state index contributed by atoms with van der Waals surface area (Å²) < 4.78 is 0. The van der Waals surface area contributed by atoms with Crippen LogP contribution in [0.5, 0.6) is 0 Å². The zero-order chi connectivity index (χ0) is 13.9. The van der Waals surface area contributed by atoms with Crippen molar-refractivity contribution in [2.75, 3.05) is 25.0 Å². The van der Waals surface area contributed by atoms with Gasteiger partial charge in [-0.05, 0) is 43.4 Å². The number of hydrogen-bond acceptors (Lipinski definition) is 3. The minimum Gasteiger partial charge on any atom is -0.357 e. The topological polar surface area (TPSA) is 28.2 Å². The van der Waals surface area contributed by atoms with Crippen molar-refractivity contribution in [2.24, 2.45) is 5.41 Å². The predicted molar refractivity (Wildman–Crippen MR) is 81.9 cm³/mol. The molecule has 1 N–H and O–H groups in total. The van der Waals surface area contributed by atoms with Crippen LogP contribution in [0.25, 0.3) is 0 Å². The first-order valence-electron chi connectivity index (χ1n) is 7.06. The summed E-state index contributed by atoms with van der Waals surface area (Å²) in [6.45, 7) is 7.68. The Hall–Kier alpha value is -0.800. The molecule has 106 valence electrons. The summed E-state index contributed by atoms with van der Waals surface area (Å²) in [6.07, 6.45) is 5.53. The Morgan fingerprint density at radius 3 is 2.89 bits per heavy atom. The first kappa shape index (κ1) is 14.6. The number of nitrogens with one attached hydrogen (secondary N) is 1. The molecule has 4 heteroatoms. The average molecular weight is 282 g/mol. The lowest BCUT2D eigenvalue weighted by molar-refractivity contribution is 0.325. The van der Waals surface area contributed by atoms with Crippen LogP contribution in [0, 0.1) is 5.41 Å². The highest BCUT2D eigenvalue weighted by Crippen LogP contribution is 2.31. The molecule has 1 aromatic rings. The third-order valence-corrected chi connectivity index (χ3v) is 4.29. The van der Waals surface area contributed by atoms with Gasteiger partial charge in [-0.25, -0.2) is 4.98 Å². The van der Waals surface area contributed by atoms with E-state index >= 15 is 0 Å².